The molecule has 8 nitrogen and oxygen atoms in total. The predicted molar refractivity (Wildman–Crippen MR) is 119 cm³/mol. The topological polar surface area (TPSA) is 84.6 Å². The number of para-hydroxylation sites is 1. The second-order valence-corrected chi connectivity index (χ2v) is 8.23. The molecule has 1 fully saturated rings. The number of amides is 1. The van der Waals surface area contributed by atoms with Gasteiger partial charge in [-0.05, 0) is 19.1 Å². The van der Waals surface area contributed by atoms with Crippen LogP contribution in [-0.4, -0.2) is 50.0 Å². The molecule has 1 amide bonds. The van der Waals surface area contributed by atoms with Crippen molar-refractivity contribution in [2.45, 2.75) is 45.3 Å². The van der Waals surface area contributed by atoms with Crippen molar-refractivity contribution in [2.24, 2.45) is 5.16 Å². The molecule has 3 aromatic rings. The number of aromatic nitrogens is 3. The molecule has 5 rings (SSSR count). The van der Waals surface area contributed by atoms with Crippen molar-refractivity contribution in [3.05, 3.63) is 48.3 Å². The molecule has 0 bridgehead atoms. The Kier molecular flexibility index (Phi) is 4.84. The first-order valence-corrected chi connectivity index (χ1v) is 10.8. The minimum Gasteiger partial charge on any atom is -0.388 e. The van der Waals surface area contributed by atoms with Gasteiger partial charge >= 0.3 is 0 Å². The maximum absolute atomic E-state index is 11.7. The lowest BCUT2D eigenvalue weighted by molar-refractivity contribution is -0.134. The van der Waals surface area contributed by atoms with Gasteiger partial charge < -0.3 is 15.1 Å². The normalized spacial score (nSPS) is 17.6. The molecule has 2 aliphatic heterocycles. The van der Waals surface area contributed by atoms with Crippen molar-refractivity contribution in [3.63, 3.8) is 0 Å². The highest BCUT2D eigenvalue weighted by Crippen LogP contribution is 2.39. The van der Waals surface area contributed by atoms with Gasteiger partial charge in [-0.3, -0.25) is 4.79 Å². The van der Waals surface area contributed by atoms with E-state index in [4.69, 9.17) is 9.82 Å². The monoisotopic (exact) mass is 418 g/mol. The molecule has 0 saturated carbocycles. The van der Waals surface area contributed by atoms with Crippen LogP contribution in [0.5, 0.6) is 0 Å². The lowest BCUT2D eigenvalue weighted by Gasteiger charge is -2.36. The summed E-state index contributed by atoms with van der Waals surface area (Å²) >= 11 is 0. The molecule has 2 aliphatic rings. The van der Waals surface area contributed by atoms with Crippen molar-refractivity contribution < 1.29 is 9.63 Å². The summed E-state index contributed by atoms with van der Waals surface area (Å²) in [5, 5.41) is 13.5. The number of nitrogens with one attached hydrogen (secondary N) is 1. The van der Waals surface area contributed by atoms with Gasteiger partial charge in [0.2, 0.25) is 5.91 Å². The fourth-order valence-electron chi connectivity index (χ4n) is 4.44. The summed E-state index contributed by atoms with van der Waals surface area (Å²) in [6, 6.07) is 10.1. The number of carbonyl (C=O) groups is 1. The van der Waals surface area contributed by atoms with E-state index >= 15 is 0 Å². The second kappa shape index (κ2) is 7.68. The average Bonchev–Trinajstić information content (AvgIpc) is 3.39. The maximum atomic E-state index is 11.7. The Morgan fingerprint density at radius 3 is 2.68 bits per heavy atom. The Morgan fingerprint density at radius 1 is 1.19 bits per heavy atom. The van der Waals surface area contributed by atoms with Crippen LogP contribution in [0.3, 0.4) is 0 Å². The highest BCUT2D eigenvalue weighted by Gasteiger charge is 2.43. The number of rotatable bonds is 4. The number of fused-ring (bicyclic) bond motifs is 1. The quantitative estimate of drug-likeness (QED) is 0.698. The minimum atomic E-state index is -0.339. The molecule has 8 heteroatoms. The molecule has 160 valence electrons. The third kappa shape index (κ3) is 3.52. The van der Waals surface area contributed by atoms with Gasteiger partial charge in [0.1, 0.15) is 5.60 Å². The molecule has 0 unspecified atom stereocenters. The largest absolute Gasteiger partial charge is 0.388 e. The summed E-state index contributed by atoms with van der Waals surface area (Å²) in [6.45, 7) is 5.83. The number of nitrogens with zero attached hydrogens (tertiary/aromatic N) is 5. The van der Waals surface area contributed by atoms with Gasteiger partial charge in [0.05, 0.1) is 23.0 Å². The van der Waals surface area contributed by atoms with E-state index in [1.54, 1.807) is 6.92 Å². The predicted octanol–water partition coefficient (Wildman–Crippen LogP) is 3.70. The highest BCUT2D eigenvalue weighted by atomic mass is 16.7. The molecular weight excluding hydrogens is 392 g/mol. The van der Waals surface area contributed by atoms with E-state index in [1.807, 2.05) is 52.3 Å². The smallest absolute Gasteiger partial charge is 0.219 e. The summed E-state index contributed by atoms with van der Waals surface area (Å²) in [6.07, 6.45) is 6.00. The lowest BCUT2D eigenvalue weighted by Crippen LogP contribution is -2.46. The van der Waals surface area contributed by atoms with Crippen molar-refractivity contribution in [2.75, 3.05) is 18.4 Å². The van der Waals surface area contributed by atoms with Gasteiger partial charge in [-0.25, -0.2) is 9.67 Å². The lowest BCUT2D eigenvalue weighted by atomic mass is 9.85. The number of hydrogen-bond acceptors (Lipinski definition) is 6. The van der Waals surface area contributed by atoms with E-state index in [0.717, 1.165) is 53.1 Å². The molecule has 2 aromatic heterocycles. The van der Waals surface area contributed by atoms with Crippen molar-refractivity contribution in [3.8, 4) is 0 Å². The molecule has 0 radical (unpaired) electrons. The van der Waals surface area contributed by atoms with E-state index in [-0.39, 0.29) is 11.5 Å². The number of hydrogen-bond donors (Lipinski definition) is 1. The van der Waals surface area contributed by atoms with Gasteiger partial charge in [0, 0.05) is 63.3 Å². The molecular formula is C23H26N6O2. The standard InChI is InChI=1S/C23H26N6O2/c1-3-29-22-19(15-25-29)21(26-17-7-5-4-6-8-17)18(14-24-22)20-13-23(31-27-20)9-11-28(12-10-23)16(2)30/h4-8,14-15H,3,9-13H2,1-2H3,(H,24,26). The first-order chi connectivity index (χ1) is 15.1. The van der Waals surface area contributed by atoms with Crippen LogP contribution >= 0.6 is 0 Å². The number of pyridine rings is 1. The van der Waals surface area contributed by atoms with E-state index in [9.17, 15) is 4.79 Å². The summed E-state index contributed by atoms with van der Waals surface area (Å²) < 4.78 is 1.89. The van der Waals surface area contributed by atoms with Gasteiger partial charge in [0.15, 0.2) is 5.65 Å². The Bertz CT molecular complexity index is 1150. The van der Waals surface area contributed by atoms with Crippen LogP contribution in [0.1, 0.15) is 38.7 Å². The Balaban J connectivity index is 1.48. The van der Waals surface area contributed by atoms with Gasteiger partial charge in [-0.15, -0.1) is 0 Å². The number of anilines is 2. The average molecular weight is 419 g/mol. The third-order valence-electron chi connectivity index (χ3n) is 6.28. The maximum Gasteiger partial charge on any atom is 0.219 e. The summed E-state index contributed by atoms with van der Waals surface area (Å²) in [4.78, 5) is 24.3. The number of aryl methyl sites for hydroxylation is 1. The fourth-order valence-corrected chi connectivity index (χ4v) is 4.44. The number of piperidine rings is 1. The van der Waals surface area contributed by atoms with Crippen LogP contribution in [0.4, 0.5) is 11.4 Å². The van der Waals surface area contributed by atoms with Crippen LogP contribution < -0.4 is 5.32 Å². The number of likely N-dealkylation sites (tertiary alicyclic amines) is 1. The molecule has 1 N–H and O–H groups in total. The molecule has 31 heavy (non-hydrogen) atoms. The zero-order valence-corrected chi connectivity index (χ0v) is 17.8. The van der Waals surface area contributed by atoms with Gasteiger partial charge in [0.25, 0.3) is 0 Å². The van der Waals surface area contributed by atoms with Crippen LogP contribution in [-0.2, 0) is 16.2 Å². The zero-order chi connectivity index (χ0) is 21.4. The van der Waals surface area contributed by atoms with Crippen molar-refractivity contribution in [1.29, 1.82) is 0 Å². The number of benzene rings is 1. The molecule has 1 saturated heterocycles. The van der Waals surface area contributed by atoms with Gasteiger partial charge in [-0.1, -0.05) is 23.4 Å². The third-order valence-corrected chi connectivity index (χ3v) is 6.28. The number of carbonyl (C=O) groups excluding carboxylic acids is 1. The van der Waals surface area contributed by atoms with Crippen LogP contribution in [0.25, 0.3) is 11.0 Å². The number of oxime groups is 1. The van der Waals surface area contributed by atoms with E-state index in [1.165, 1.54) is 0 Å². The SMILES string of the molecule is CCn1ncc2c(Nc3ccccc3)c(C3=NOC4(CCN(C(C)=O)CC4)C3)cnc21. The molecule has 1 aromatic carbocycles. The van der Waals surface area contributed by atoms with Crippen LogP contribution in [0, 0.1) is 0 Å². The first-order valence-electron chi connectivity index (χ1n) is 10.8. The van der Waals surface area contributed by atoms with Crippen molar-refractivity contribution in [1.82, 2.24) is 19.7 Å². The van der Waals surface area contributed by atoms with Crippen molar-refractivity contribution >= 4 is 34.0 Å². The fraction of sp³-hybridized carbons (Fsp3) is 0.391. The first kappa shape index (κ1) is 19.5. The van der Waals surface area contributed by atoms with E-state index in [0.29, 0.717) is 19.5 Å². The van der Waals surface area contributed by atoms with Crippen LogP contribution in [0.2, 0.25) is 0 Å². The van der Waals surface area contributed by atoms with E-state index in [2.05, 4.69) is 22.5 Å². The Hall–Kier alpha value is -3.42. The Labute approximate surface area is 180 Å². The zero-order valence-electron chi connectivity index (χ0n) is 17.8. The summed E-state index contributed by atoms with van der Waals surface area (Å²) in [5.74, 6) is 0.117. The van der Waals surface area contributed by atoms with Gasteiger partial charge in [-0.2, -0.15) is 5.10 Å². The molecule has 0 aliphatic carbocycles. The Morgan fingerprint density at radius 2 is 1.97 bits per heavy atom. The van der Waals surface area contributed by atoms with E-state index < -0.39 is 0 Å². The molecule has 4 heterocycles. The second-order valence-electron chi connectivity index (χ2n) is 8.23. The highest BCUT2D eigenvalue weighted by molar-refractivity contribution is 6.11. The summed E-state index contributed by atoms with van der Waals surface area (Å²) in [5.41, 5.74) is 4.24. The molecule has 1 spiro atoms. The minimum absolute atomic E-state index is 0.117. The molecule has 0 atom stereocenters. The van der Waals surface area contributed by atoms with Crippen LogP contribution in [0.15, 0.2) is 47.9 Å². The summed E-state index contributed by atoms with van der Waals surface area (Å²) in [7, 11) is 0.